The molecule has 2 aromatic carbocycles. The number of carbonyl (C=O) groups excluding carboxylic acids is 1. The average Bonchev–Trinajstić information content (AvgIpc) is 3.64. The molecule has 0 aliphatic heterocycles. The number of sulfone groups is 1. The quantitative estimate of drug-likeness (QED) is 0.107. The van der Waals surface area contributed by atoms with Gasteiger partial charge < -0.3 is 5.11 Å². The number of ketones is 1. The largest absolute Gasteiger partial charge is 0.435 e. The molecule has 3 heterocycles. The monoisotopic (exact) mass is 835 g/mol. The van der Waals surface area contributed by atoms with E-state index in [0.717, 1.165) is 18.4 Å². The average molecular weight is 836 g/mol. The van der Waals surface area contributed by atoms with Crippen molar-refractivity contribution in [2.75, 3.05) is 6.26 Å². The smallest absolute Gasteiger partial charge is 0.380 e. The molecule has 0 spiro atoms. The SMILES string of the molecule is CCC(O)C#Cc1ccc(-c2ccc(Cl)c3c(CS(C)(=O)=O)nn(C)c23)c([C@@H](CC(=O)Cn2nc(C(F)(F)F)c3c2C(F)(F)[C@@H]2C[C@H]32)Cc2cc(F)cc(F)c2)n1. The maximum atomic E-state index is 15.4. The van der Waals surface area contributed by atoms with Crippen LogP contribution in [0.5, 0.6) is 0 Å². The van der Waals surface area contributed by atoms with Gasteiger partial charge in [0.2, 0.25) is 0 Å². The van der Waals surface area contributed by atoms with Crippen molar-refractivity contribution >= 4 is 38.1 Å². The molecule has 0 radical (unpaired) electrons. The number of rotatable bonds is 11. The molecule has 1 N–H and O–H groups in total. The van der Waals surface area contributed by atoms with E-state index < -0.39 is 98.9 Å². The van der Waals surface area contributed by atoms with E-state index in [1.54, 1.807) is 26.1 Å². The van der Waals surface area contributed by atoms with Gasteiger partial charge >= 0.3 is 6.18 Å². The van der Waals surface area contributed by atoms with Gasteiger partial charge in [-0.05, 0) is 67.0 Å². The van der Waals surface area contributed by atoms with Crippen molar-refractivity contribution in [2.45, 2.75) is 74.9 Å². The number of aryl methyl sites for hydroxylation is 1. The van der Waals surface area contributed by atoms with Crippen LogP contribution in [-0.4, -0.2) is 56.2 Å². The Morgan fingerprint density at radius 1 is 1.09 bits per heavy atom. The lowest BCUT2D eigenvalue weighted by Crippen LogP contribution is -2.24. The van der Waals surface area contributed by atoms with Gasteiger partial charge in [-0.25, -0.2) is 22.2 Å². The lowest BCUT2D eigenvalue weighted by atomic mass is 9.86. The molecule has 300 valence electrons. The van der Waals surface area contributed by atoms with Crippen LogP contribution in [-0.2, 0) is 52.5 Å². The van der Waals surface area contributed by atoms with Crippen molar-refractivity contribution in [3.63, 3.8) is 0 Å². The van der Waals surface area contributed by atoms with E-state index in [4.69, 9.17) is 16.6 Å². The Hall–Kier alpha value is -4.79. The molecule has 3 aromatic heterocycles. The number of nitrogens with zero attached hydrogens (tertiary/aromatic N) is 5. The van der Waals surface area contributed by atoms with Crippen molar-refractivity contribution in [3.8, 4) is 23.0 Å². The fraction of sp³-hybridized carbons (Fsp3) is 0.385. The molecule has 1 saturated carbocycles. The second-order valence-electron chi connectivity index (χ2n) is 14.5. The molecule has 4 atom stereocenters. The second-order valence-corrected chi connectivity index (χ2v) is 17.1. The zero-order valence-electron chi connectivity index (χ0n) is 30.4. The molecule has 9 nitrogen and oxygen atoms in total. The number of aliphatic hydroxyl groups is 1. The first kappa shape index (κ1) is 40.4. The fourth-order valence-electron chi connectivity index (χ4n) is 7.75. The molecular weight excluding hydrogens is 803 g/mol. The predicted octanol–water partition coefficient (Wildman–Crippen LogP) is 7.64. The normalized spacial score (nSPS) is 18.2. The van der Waals surface area contributed by atoms with E-state index in [1.165, 1.54) is 16.8 Å². The first-order valence-electron chi connectivity index (χ1n) is 17.7. The summed E-state index contributed by atoms with van der Waals surface area (Å²) in [7, 11) is -2.03. The minimum Gasteiger partial charge on any atom is -0.380 e. The number of carbonyl (C=O) groups is 1. The van der Waals surface area contributed by atoms with Gasteiger partial charge in [-0.2, -0.15) is 32.1 Å². The Kier molecular flexibility index (Phi) is 10.3. The van der Waals surface area contributed by atoms with Crippen LogP contribution in [0.25, 0.3) is 22.0 Å². The number of alkyl halides is 5. The zero-order valence-corrected chi connectivity index (χ0v) is 32.0. The molecule has 0 saturated heterocycles. The summed E-state index contributed by atoms with van der Waals surface area (Å²) in [4.78, 5) is 18.7. The van der Waals surface area contributed by atoms with Gasteiger partial charge in [-0.15, -0.1) is 0 Å². The highest BCUT2D eigenvalue weighted by molar-refractivity contribution is 7.89. The first-order valence-corrected chi connectivity index (χ1v) is 20.2. The summed E-state index contributed by atoms with van der Waals surface area (Å²) in [6, 6.07) is 8.91. The van der Waals surface area contributed by atoms with Crippen molar-refractivity contribution < 1.29 is 49.1 Å². The van der Waals surface area contributed by atoms with Gasteiger partial charge in [0.15, 0.2) is 21.3 Å². The number of hydrogen-bond acceptors (Lipinski definition) is 7. The van der Waals surface area contributed by atoms with Gasteiger partial charge in [-0.1, -0.05) is 30.5 Å². The Morgan fingerprint density at radius 3 is 2.42 bits per heavy atom. The van der Waals surface area contributed by atoms with Crippen LogP contribution >= 0.6 is 11.6 Å². The van der Waals surface area contributed by atoms with Crippen molar-refractivity contribution in [3.05, 3.63) is 98.7 Å². The van der Waals surface area contributed by atoms with E-state index in [0.29, 0.717) is 32.8 Å². The van der Waals surface area contributed by atoms with Crippen LogP contribution in [0.4, 0.5) is 30.7 Å². The fourth-order valence-corrected chi connectivity index (χ4v) is 8.71. The molecule has 5 aromatic rings. The lowest BCUT2D eigenvalue weighted by molar-refractivity contribution is -0.142. The van der Waals surface area contributed by atoms with Crippen LogP contribution in [0.15, 0.2) is 42.5 Å². The Bertz CT molecular complexity index is 2610. The van der Waals surface area contributed by atoms with Crippen LogP contribution in [0.2, 0.25) is 5.02 Å². The number of fused-ring (bicyclic) bond motifs is 4. The van der Waals surface area contributed by atoms with E-state index in [1.807, 2.05) is 0 Å². The molecule has 2 aliphatic carbocycles. The van der Waals surface area contributed by atoms with Crippen molar-refractivity contribution in [2.24, 2.45) is 13.0 Å². The summed E-state index contributed by atoms with van der Waals surface area (Å²) in [5.74, 6) is -4.88. The summed E-state index contributed by atoms with van der Waals surface area (Å²) in [6.07, 6.45) is -5.76. The van der Waals surface area contributed by atoms with E-state index in [9.17, 15) is 40.3 Å². The summed E-state index contributed by atoms with van der Waals surface area (Å²) in [6.45, 7) is 0.727. The maximum absolute atomic E-state index is 15.4. The lowest BCUT2D eigenvalue weighted by Gasteiger charge is -2.21. The molecule has 57 heavy (non-hydrogen) atoms. The van der Waals surface area contributed by atoms with E-state index >= 15 is 8.78 Å². The minimum absolute atomic E-state index is 0.0686. The summed E-state index contributed by atoms with van der Waals surface area (Å²) in [5.41, 5.74) is -1.54. The molecule has 7 rings (SSSR count). The van der Waals surface area contributed by atoms with Gasteiger partial charge in [0.05, 0.1) is 27.7 Å². The zero-order chi connectivity index (χ0) is 41.4. The standard InChI is InChI=1S/C39H33ClF7N5O4S/c1-4-24(53)7-5-23-6-8-26(27-9-10-30(40)33-31(18-57(3,55)56)49-51(2)35(27)33)34(48-23)20(11-19-12-21(41)15-22(42)13-19)14-25(54)17-52-37-32(36(50-52)39(45,46)47)28-16-29(28)38(37,43)44/h6,8-10,12-13,15,20,24,28-29,53H,4,11,14,16-18H2,1-3H3/t20-,24?,28+,29-/m1/s1. The molecular formula is C39H33ClF7N5O4S. The minimum atomic E-state index is -5.06. The summed E-state index contributed by atoms with van der Waals surface area (Å²) >= 11 is 6.61. The number of aromatic nitrogens is 5. The summed E-state index contributed by atoms with van der Waals surface area (Å²) in [5, 5.41) is 18.5. The topological polar surface area (TPSA) is 120 Å². The Balaban J connectivity index is 1.38. The molecule has 0 amide bonds. The van der Waals surface area contributed by atoms with E-state index in [2.05, 4.69) is 22.0 Å². The summed E-state index contributed by atoms with van der Waals surface area (Å²) < 4.78 is 129. The molecule has 2 aliphatic rings. The number of hydrogen-bond donors (Lipinski definition) is 1. The molecule has 1 unspecified atom stereocenters. The van der Waals surface area contributed by atoms with Gasteiger partial charge in [-0.3, -0.25) is 14.2 Å². The highest BCUT2D eigenvalue weighted by Crippen LogP contribution is 2.68. The Morgan fingerprint density at radius 2 is 1.77 bits per heavy atom. The van der Waals surface area contributed by atoms with Crippen LogP contribution in [0.3, 0.4) is 0 Å². The number of pyridine rings is 1. The molecule has 1 fully saturated rings. The highest BCUT2D eigenvalue weighted by Gasteiger charge is 2.68. The highest BCUT2D eigenvalue weighted by atomic mass is 35.5. The van der Waals surface area contributed by atoms with Crippen molar-refractivity contribution in [1.29, 1.82) is 0 Å². The van der Waals surface area contributed by atoms with Gasteiger partial charge in [0.25, 0.3) is 5.92 Å². The van der Waals surface area contributed by atoms with Gasteiger partial charge in [0, 0.05) is 59.7 Å². The second kappa shape index (κ2) is 14.5. The maximum Gasteiger partial charge on any atom is 0.435 e. The van der Waals surface area contributed by atoms with E-state index in [-0.39, 0.29) is 46.9 Å². The van der Waals surface area contributed by atoms with Crippen molar-refractivity contribution in [1.82, 2.24) is 24.5 Å². The van der Waals surface area contributed by atoms with Crippen LogP contribution in [0, 0.1) is 29.4 Å². The van der Waals surface area contributed by atoms with Crippen LogP contribution in [0.1, 0.15) is 77.6 Å². The van der Waals surface area contributed by atoms with Crippen LogP contribution < -0.4 is 0 Å². The third-order valence-corrected chi connectivity index (χ3v) is 11.3. The number of Topliss-reactive ketones (excluding diaryl/α,β-unsaturated/α-hetero) is 1. The third-order valence-electron chi connectivity index (χ3n) is 10.2. The molecule has 0 bridgehead atoms. The first-order chi connectivity index (χ1) is 26.7. The number of halogens is 8. The Labute approximate surface area is 326 Å². The number of aliphatic hydroxyl groups excluding tert-OH is 1. The molecule has 18 heteroatoms. The third kappa shape index (κ3) is 7.91. The number of benzene rings is 2. The predicted molar refractivity (Wildman–Crippen MR) is 195 cm³/mol. The van der Waals surface area contributed by atoms with Gasteiger partial charge in [0.1, 0.15) is 35.7 Å².